The molecule has 0 fully saturated rings. The second-order valence-corrected chi connectivity index (χ2v) is 4.27. The molecule has 0 aliphatic carbocycles. The molecule has 0 unspecified atom stereocenters. The molecule has 1 aromatic carbocycles. The molecule has 0 amide bonds. The Bertz CT molecular complexity index is 428. The number of hydrogen-bond donors (Lipinski definition) is 3. The van der Waals surface area contributed by atoms with Gasteiger partial charge in [0.15, 0.2) is 0 Å². The number of ether oxygens (including phenoxy) is 1. The Balaban J connectivity index is 2.83. The maximum atomic E-state index is 10.6. The van der Waals surface area contributed by atoms with Gasteiger partial charge in [-0.15, -0.1) is 0 Å². The van der Waals surface area contributed by atoms with Gasteiger partial charge in [0, 0.05) is 5.56 Å². The monoisotopic (exact) mass is 264 g/mol. The fraction of sp³-hybridized carbons (Fsp3) is 0.125. The highest BCUT2D eigenvalue weighted by atomic mass is 32.1. The number of phosphoric ester groups is 1. The van der Waals surface area contributed by atoms with Crippen LogP contribution in [0.1, 0.15) is 5.56 Å². The molecule has 0 aliphatic rings. The van der Waals surface area contributed by atoms with Crippen molar-refractivity contribution in [3.63, 3.8) is 0 Å². The molecule has 0 radical (unpaired) electrons. The molecule has 0 aliphatic heterocycles. The fourth-order valence-corrected chi connectivity index (χ4v) is 1.48. The minimum atomic E-state index is -4.62. The van der Waals surface area contributed by atoms with Gasteiger partial charge >= 0.3 is 13.1 Å². The number of phosphoric acid groups is 1. The van der Waals surface area contributed by atoms with Crippen molar-refractivity contribution < 1.29 is 28.4 Å². The fourth-order valence-electron chi connectivity index (χ4n) is 0.980. The maximum absolute atomic E-state index is 10.6. The van der Waals surface area contributed by atoms with E-state index in [1.54, 1.807) is 6.07 Å². The predicted octanol–water partition coefficient (Wildman–Crippen LogP) is 1.72. The third-order valence-corrected chi connectivity index (χ3v) is 2.10. The number of rotatable bonds is 4. The first-order valence-corrected chi connectivity index (χ1v) is 6.05. The van der Waals surface area contributed by atoms with Crippen molar-refractivity contribution in [3.8, 4) is 5.75 Å². The lowest BCUT2D eigenvalue weighted by molar-refractivity contribution is 0.168. The molecular formula is C8H9O6PS. The van der Waals surface area contributed by atoms with Gasteiger partial charge in [-0.1, -0.05) is 30.8 Å². The van der Waals surface area contributed by atoms with Crippen LogP contribution >= 0.6 is 20.5 Å². The first-order valence-electron chi connectivity index (χ1n) is 4.07. The largest absolute Gasteiger partial charge is 0.524 e. The van der Waals surface area contributed by atoms with Crippen molar-refractivity contribution in [2.24, 2.45) is 0 Å². The first-order chi connectivity index (χ1) is 7.38. The second kappa shape index (κ2) is 5.36. The summed E-state index contributed by atoms with van der Waals surface area (Å²) in [5, 5.41) is -0.786. The van der Waals surface area contributed by atoms with E-state index in [2.05, 4.69) is 21.9 Å². The van der Waals surface area contributed by atoms with Crippen molar-refractivity contribution in [3.05, 3.63) is 29.8 Å². The lowest BCUT2D eigenvalue weighted by atomic mass is 10.2. The summed E-state index contributed by atoms with van der Waals surface area (Å²) in [6.07, 6.45) is 0. The molecule has 0 saturated heterocycles. The van der Waals surface area contributed by atoms with Crippen molar-refractivity contribution in [1.29, 1.82) is 0 Å². The summed E-state index contributed by atoms with van der Waals surface area (Å²) < 4.78 is 19.6. The Morgan fingerprint density at radius 2 is 2.00 bits per heavy atom. The second-order valence-electron chi connectivity index (χ2n) is 2.74. The zero-order chi connectivity index (χ0) is 12.2. The Morgan fingerprint density at radius 3 is 2.56 bits per heavy atom. The predicted molar refractivity (Wildman–Crippen MR) is 58.3 cm³/mol. The van der Waals surface area contributed by atoms with Crippen molar-refractivity contribution in [2.45, 2.75) is 6.61 Å². The molecule has 0 saturated carbocycles. The molecule has 0 heterocycles. The minimum Gasteiger partial charge on any atom is -0.453 e. The van der Waals surface area contributed by atoms with Crippen LogP contribution in [0.3, 0.4) is 0 Å². The van der Waals surface area contributed by atoms with Gasteiger partial charge < -0.3 is 9.26 Å². The summed E-state index contributed by atoms with van der Waals surface area (Å²) in [7, 11) is -4.62. The van der Waals surface area contributed by atoms with Crippen LogP contribution in [0, 0.1) is 0 Å². The molecule has 88 valence electrons. The Labute approximate surface area is 96.8 Å². The van der Waals surface area contributed by atoms with E-state index in [-0.39, 0.29) is 12.4 Å². The molecular weight excluding hydrogens is 255 g/mol. The highest BCUT2D eigenvalue weighted by Crippen LogP contribution is 2.39. The number of carbonyl (C=O) groups excluding carboxylic acids is 1. The van der Waals surface area contributed by atoms with Crippen LogP contribution in [0.25, 0.3) is 0 Å². The van der Waals surface area contributed by atoms with Gasteiger partial charge in [-0.3, -0.25) is 9.79 Å². The molecule has 0 atom stereocenters. The van der Waals surface area contributed by atoms with Crippen LogP contribution < -0.4 is 4.52 Å². The highest BCUT2D eigenvalue weighted by Gasteiger charge is 2.18. The third-order valence-electron chi connectivity index (χ3n) is 1.54. The standard InChI is InChI=1S/C8H9O6PS/c9-8(16)13-5-6-3-1-2-4-7(6)14-15(10,11)12/h1-4H,5H2,(H,9,16)(H2,10,11,12). The van der Waals surface area contributed by atoms with Crippen LogP contribution in [-0.4, -0.2) is 15.1 Å². The lowest BCUT2D eigenvalue weighted by Gasteiger charge is -2.11. The quantitative estimate of drug-likeness (QED) is 0.435. The van der Waals surface area contributed by atoms with E-state index in [0.29, 0.717) is 5.56 Å². The molecule has 1 aromatic rings. The van der Waals surface area contributed by atoms with E-state index in [0.717, 1.165) is 0 Å². The summed E-state index contributed by atoms with van der Waals surface area (Å²) in [6, 6.07) is 6.04. The van der Waals surface area contributed by atoms with E-state index < -0.39 is 13.1 Å². The SMILES string of the molecule is O=C(S)OCc1ccccc1OP(=O)(O)O. The molecule has 1 rings (SSSR count). The van der Waals surface area contributed by atoms with E-state index in [1.165, 1.54) is 18.2 Å². The van der Waals surface area contributed by atoms with Gasteiger partial charge in [0.2, 0.25) is 0 Å². The van der Waals surface area contributed by atoms with Gasteiger partial charge in [-0.05, 0) is 6.07 Å². The van der Waals surface area contributed by atoms with Crippen LogP contribution in [-0.2, 0) is 15.9 Å². The summed E-state index contributed by atoms with van der Waals surface area (Å²) in [5.74, 6) is -0.0367. The smallest absolute Gasteiger partial charge is 0.453 e. The summed E-state index contributed by atoms with van der Waals surface area (Å²) in [4.78, 5) is 27.7. The van der Waals surface area contributed by atoms with Gasteiger partial charge in [0.05, 0.1) is 0 Å². The topological polar surface area (TPSA) is 93.1 Å². The van der Waals surface area contributed by atoms with Crippen LogP contribution in [0.15, 0.2) is 24.3 Å². The summed E-state index contributed by atoms with van der Waals surface area (Å²) in [5.41, 5.74) is 0.341. The van der Waals surface area contributed by atoms with Crippen LogP contribution in [0.4, 0.5) is 4.79 Å². The van der Waals surface area contributed by atoms with Crippen molar-refractivity contribution in [2.75, 3.05) is 0 Å². The Kier molecular flexibility index (Phi) is 4.37. The lowest BCUT2D eigenvalue weighted by Crippen LogP contribution is -1.99. The van der Waals surface area contributed by atoms with E-state index >= 15 is 0 Å². The van der Waals surface area contributed by atoms with E-state index in [1.807, 2.05) is 0 Å². The number of benzene rings is 1. The molecule has 2 N–H and O–H groups in total. The zero-order valence-corrected chi connectivity index (χ0v) is 9.73. The first kappa shape index (κ1) is 13.1. The number of para-hydroxylation sites is 1. The molecule has 8 heteroatoms. The number of thiol groups is 1. The van der Waals surface area contributed by atoms with Crippen molar-refractivity contribution >= 4 is 25.8 Å². The summed E-state index contributed by atoms with van der Waals surface area (Å²) >= 11 is 3.39. The zero-order valence-electron chi connectivity index (χ0n) is 7.94. The highest BCUT2D eigenvalue weighted by molar-refractivity contribution is 7.96. The maximum Gasteiger partial charge on any atom is 0.524 e. The third kappa shape index (κ3) is 4.67. The molecule has 0 bridgehead atoms. The van der Waals surface area contributed by atoms with Gasteiger partial charge in [-0.2, -0.15) is 0 Å². The Hall–Kier alpha value is -1.01. The van der Waals surface area contributed by atoms with Gasteiger partial charge in [0.1, 0.15) is 12.4 Å². The van der Waals surface area contributed by atoms with Gasteiger partial charge in [0.25, 0.3) is 0 Å². The van der Waals surface area contributed by atoms with Crippen molar-refractivity contribution in [1.82, 2.24) is 0 Å². The van der Waals surface area contributed by atoms with Crippen LogP contribution in [0.5, 0.6) is 5.75 Å². The number of carbonyl (C=O) groups is 1. The van der Waals surface area contributed by atoms with E-state index in [9.17, 15) is 9.36 Å². The Morgan fingerprint density at radius 1 is 1.38 bits per heavy atom. The average molecular weight is 264 g/mol. The molecule has 0 aromatic heterocycles. The normalized spacial score (nSPS) is 10.9. The van der Waals surface area contributed by atoms with Gasteiger partial charge in [-0.25, -0.2) is 9.36 Å². The summed E-state index contributed by atoms with van der Waals surface area (Å²) in [6.45, 7) is -0.168. The van der Waals surface area contributed by atoms with E-state index in [4.69, 9.17) is 9.79 Å². The molecule has 6 nitrogen and oxygen atoms in total. The molecule has 0 spiro atoms. The molecule has 16 heavy (non-hydrogen) atoms. The average Bonchev–Trinajstić information content (AvgIpc) is 2.14. The number of hydrogen-bond acceptors (Lipinski definition) is 4. The van der Waals surface area contributed by atoms with Crippen LogP contribution in [0.2, 0.25) is 0 Å². The minimum absolute atomic E-state index is 0.0367.